The molecule has 2 rings (SSSR count). The van der Waals surface area contributed by atoms with E-state index in [2.05, 4.69) is 4.72 Å². The molecule has 6 nitrogen and oxygen atoms in total. The molecule has 1 aliphatic carbocycles. The number of nitrogens with zero attached hydrogens (tertiary/aromatic N) is 1. The van der Waals surface area contributed by atoms with Gasteiger partial charge in [0.1, 0.15) is 0 Å². The van der Waals surface area contributed by atoms with Gasteiger partial charge in [-0.05, 0) is 51.1 Å². The lowest BCUT2D eigenvalue weighted by molar-refractivity contribution is -0.141. The van der Waals surface area contributed by atoms with E-state index in [-0.39, 0.29) is 10.9 Å². The minimum atomic E-state index is -3.59. The van der Waals surface area contributed by atoms with Crippen LogP contribution in [0.2, 0.25) is 0 Å². The van der Waals surface area contributed by atoms with E-state index >= 15 is 0 Å². The molecule has 0 aromatic heterocycles. The molecule has 0 spiro atoms. The van der Waals surface area contributed by atoms with Crippen LogP contribution in [0.3, 0.4) is 0 Å². The van der Waals surface area contributed by atoms with Crippen molar-refractivity contribution in [2.24, 2.45) is 5.92 Å². The van der Waals surface area contributed by atoms with E-state index in [9.17, 15) is 13.2 Å². The Bertz CT molecular complexity index is 625. The minimum Gasteiger partial charge on any atom is -0.481 e. The number of aliphatic carboxylic acids is 1. The van der Waals surface area contributed by atoms with Crippen molar-refractivity contribution in [3.8, 4) is 0 Å². The number of carboxylic acids is 1. The van der Waals surface area contributed by atoms with E-state index in [0.29, 0.717) is 19.3 Å². The van der Waals surface area contributed by atoms with Crippen molar-refractivity contribution in [1.29, 1.82) is 0 Å². The van der Waals surface area contributed by atoms with Gasteiger partial charge in [-0.2, -0.15) is 0 Å². The number of hydrogen-bond acceptors (Lipinski definition) is 4. The highest BCUT2D eigenvalue weighted by Gasteiger charge is 2.32. The topological polar surface area (TPSA) is 86.7 Å². The van der Waals surface area contributed by atoms with Crippen LogP contribution in [-0.2, 0) is 21.4 Å². The van der Waals surface area contributed by atoms with Gasteiger partial charge in [0.2, 0.25) is 10.0 Å². The first kappa shape index (κ1) is 16.9. The van der Waals surface area contributed by atoms with Crippen molar-refractivity contribution < 1.29 is 18.3 Å². The van der Waals surface area contributed by atoms with Crippen LogP contribution in [0.25, 0.3) is 0 Å². The molecule has 2 N–H and O–H groups in total. The van der Waals surface area contributed by atoms with Gasteiger partial charge in [0.25, 0.3) is 0 Å². The zero-order valence-corrected chi connectivity index (χ0v) is 13.6. The molecular weight excluding hydrogens is 304 g/mol. The fourth-order valence-corrected chi connectivity index (χ4v) is 4.02. The van der Waals surface area contributed by atoms with Gasteiger partial charge in [-0.3, -0.25) is 4.79 Å². The van der Waals surface area contributed by atoms with Gasteiger partial charge in [0, 0.05) is 12.6 Å². The predicted molar refractivity (Wildman–Crippen MR) is 82.9 cm³/mol. The maximum Gasteiger partial charge on any atom is 0.306 e. The molecule has 22 heavy (non-hydrogen) atoms. The summed E-state index contributed by atoms with van der Waals surface area (Å²) in [6.07, 6.45) is 1.44. The van der Waals surface area contributed by atoms with Crippen molar-refractivity contribution in [3.05, 3.63) is 29.8 Å². The molecule has 1 saturated carbocycles. The molecule has 1 aromatic rings. The summed E-state index contributed by atoms with van der Waals surface area (Å²) in [5.41, 5.74) is 1.04. The Morgan fingerprint density at radius 3 is 2.41 bits per heavy atom. The fourth-order valence-electron chi connectivity index (χ4n) is 2.74. The zero-order valence-electron chi connectivity index (χ0n) is 12.8. The van der Waals surface area contributed by atoms with Crippen molar-refractivity contribution in [2.75, 3.05) is 14.1 Å². The number of nitrogens with one attached hydrogen (secondary N) is 1. The molecule has 0 bridgehead atoms. The molecule has 0 unspecified atom stereocenters. The Balaban J connectivity index is 2.03. The smallest absolute Gasteiger partial charge is 0.306 e. The zero-order chi connectivity index (χ0) is 16.3. The summed E-state index contributed by atoms with van der Waals surface area (Å²) in [7, 11) is 0.305. The number of rotatable bonds is 6. The van der Waals surface area contributed by atoms with Crippen LogP contribution in [0.15, 0.2) is 29.2 Å². The molecule has 0 saturated heterocycles. The number of benzene rings is 1. The second-order valence-corrected chi connectivity index (χ2v) is 7.76. The molecule has 2 atom stereocenters. The summed E-state index contributed by atoms with van der Waals surface area (Å²) >= 11 is 0. The fraction of sp³-hybridized carbons (Fsp3) is 0.533. The highest BCUT2D eigenvalue weighted by molar-refractivity contribution is 7.89. The number of carboxylic acid groups (broad SMARTS) is 1. The summed E-state index contributed by atoms with van der Waals surface area (Å²) in [5, 5.41) is 8.97. The van der Waals surface area contributed by atoms with E-state index < -0.39 is 21.9 Å². The molecule has 1 aromatic carbocycles. The molecule has 7 heteroatoms. The summed E-state index contributed by atoms with van der Waals surface area (Å²) in [6.45, 7) is 0.747. The van der Waals surface area contributed by atoms with E-state index in [1.807, 2.05) is 19.0 Å². The van der Waals surface area contributed by atoms with Gasteiger partial charge in [0.05, 0.1) is 10.8 Å². The van der Waals surface area contributed by atoms with E-state index in [0.717, 1.165) is 12.1 Å². The summed E-state index contributed by atoms with van der Waals surface area (Å²) < 4.78 is 27.3. The number of hydrogen-bond donors (Lipinski definition) is 2. The lowest BCUT2D eigenvalue weighted by Crippen LogP contribution is -2.33. The van der Waals surface area contributed by atoms with Crippen LogP contribution in [0.1, 0.15) is 24.8 Å². The van der Waals surface area contributed by atoms with Crippen molar-refractivity contribution >= 4 is 16.0 Å². The van der Waals surface area contributed by atoms with Gasteiger partial charge >= 0.3 is 5.97 Å². The van der Waals surface area contributed by atoms with Crippen LogP contribution < -0.4 is 4.72 Å². The van der Waals surface area contributed by atoms with E-state index in [1.165, 1.54) is 0 Å². The first-order valence-corrected chi connectivity index (χ1v) is 8.75. The Labute approximate surface area is 131 Å². The second-order valence-electron chi connectivity index (χ2n) is 6.05. The highest BCUT2D eigenvalue weighted by atomic mass is 32.2. The first-order chi connectivity index (χ1) is 10.3. The average Bonchev–Trinajstić information content (AvgIpc) is 2.86. The van der Waals surface area contributed by atoms with Crippen LogP contribution in [0, 0.1) is 5.92 Å². The molecular formula is C15H22N2O4S. The standard InChI is InChI=1S/C15H22N2O4S/c1-17(2)10-11-3-7-14(8-4-11)22(20,21)16-13-6-5-12(9-13)15(18)19/h3-4,7-8,12-13,16H,5-6,9-10H2,1-2H3,(H,18,19)/t12-,13+/m1/s1. The maximum absolute atomic E-state index is 12.3. The molecule has 0 radical (unpaired) electrons. The van der Waals surface area contributed by atoms with Crippen molar-refractivity contribution in [1.82, 2.24) is 9.62 Å². The minimum absolute atomic E-state index is 0.216. The van der Waals surface area contributed by atoms with Crippen LogP contribution in [0.4, 0.5) is 0 Å². The third kappa shape index (κ3) is 4.28. The van der Waals surface area contributed by atoms with Crippen LogP contribution in [-0.4, -0.2) is 44.5 Å². The average molecular weight is 326 g/mol. The largest absolute Gasteiger partial charge is 0.481 e. The Morgan fingerprint density at radius 2 is 1.91 bits per heavy atom. The van der Waals surface area contributed by atoms with Gasteiger partial charge in [-0.25, -0.2) is 13.1 Å². The van der Waals surface area contributed by atoms with Gasteiger partial charge in [-0.15, -0.1) is 0 Å². The van der Waals surface area contributed by atoms with E-state index in [1.54, 1.807) is 24.3 Å². The van der Waals surface area contributed by atoms with Gasteiger partial charge < -0.3 is 10.0 Å². The SMILES string of the molecule is CN(C)Cc1ccc(S(=O)(=O)N[C@H]2CC[C@@H](C(=O)O)C2)cc1. The Morgan fingerprint density at radius 1 is 1.27 bits per heavy atom. The third-order valence-electron chi connectivity index (χ3n) is 3.84. The molecule has 0 aliphatic heterocycles. The second kappa shape index (κ2) is 6.76. The third-order valence-corrected chi connectivity index (χ3v) is 5.37. The normalized spacial score (nSPS) is 22.1. The van der Waals surface area contributed by atoms with Crippen LogP contribution in [0.5, 0.6) is 0 Å². The Kier molecular flexibility index (Phi) is 5.20. The van der Waals surface area contributed by atoms with Crippen molar-refractivity contribution in [2.45, 2.75) is 36.7 Å². The molecule has 0 amide bonds. The predicted octanol–water partition coefficient (Wildman–Crippen LogP) is 1.28. The Hall–Kier alpha value is -1.44. The summed E-state index contributed by atoms with van der Waals surface area (Å²) in [4.78, 5) is 13.1. The highest BCUT2D eigenvalue weighted by Crippen LogP contribution is 2.27. The lowest BCUT2D eigenvalue weighted by Gasteiger charge is -2.14. The van der Waals surface area contributed by atoms with Crippen molar-refractivity contribution in [3.63, 3.8) is 0 Å². The van der Waals surface area contributed by atoms with Crippen LogP contribution >= 0.6 is 0 Å². The molecule has 1 aliphatic rings. The lowest BCUT2D eigenvalue weighted by atomic mass is 10.1. The summed E-state index contributed by atoms with van der Waals surface area (Å²) in [5.74, 6) is -1.30. The summed E-state index contributed by atoms with van der Waals surface area (Å²) in [6, 6.07) is 6.47. The first-order valence-electron chi connectivity index (χ1n) is 7.27. The number of carbonyl (C=O) groups is 1. The number of sulfonamides is 1. The van der Waals surface area contributed by atoms with Gasteiger partial charge in [0.15, 0.2) is 0 Å². The van der Waals surface area contributed by atoms with E-state index in [4.69, 9.17) is 5.11 Å². The molecule has 0 heterocycles. The molecule has 122 valence electrons. The van der Waals surface area contributed by atoms with Gasteiger partial charge in [-0.1, -0.05) is 12.1 Å². The molecule has 1 fully saturated rings. The monoisotopic (exact) mass is 326 g/mol. The quantitative estimate of drug-likeness (QED) is 0.822. The maximum atomic E-state index is 12.3.